The number of rotatable bonds is 4. The highest BCUT2D eigenvalue weighted by Gasteiger charge is 2.30. The zero-order valence-electron chi connectivity index (χ0n) is 12.3. The number of ether oxygens (including phenoxy) is 1. The molecule has 1 aromatic carbocycles. The van der Waals surface area contributed by atoms with Crippen molar-refractivity contribution in [3.8, 4) is 23.2 Å². The number of nitrogens with two attached hydrogens (primary N) is 1. The molecule has 0 bridgehead atoms. The van der Waals surface area contributed by atoms with E-state index < -0.39 is 17.6 Å². The van der Waals surface area contributed by atoms with Gasteiger partial charge in [-0.25, -0.2) is 4.98 Å². The third kappa shape index (κ3) is 3.74. The first-order chi connectivity index (χ1) is 11.8. The lowest BCUT2D eigenvalue weighted by Crippen LogP contribution is -2.10. The van der Waals surface area contributed by atoms with Gasteiger partial charge in [0.1, 0.15) is 11.4 Å². The molecule has 0 saturated carbocycles. The summed E-state index contributed by atoms with van der Waals surface area (Å²) in [5.41, 5.74) is 4.34. The number of hydrogen-bond donors (Lipinski definition) is 1. The summed E-state index contributed by atoms with van der Waals surface area (Å²) in [5, 5.41) is 7.07. The van der Waals surface area contributed by atoms with Crippen LogP contribution in [0.1, 0.15) is 16.2 Å². The first-order valence-electron chi connectivity index (χ1n) is 6.79. The van der Waals surface area contributed by atoms with E-state index in [1.807, 2.05) is 0 Å². The second-order valence-electron chi connectivity index (χ2n) is 4.77. The minimum atomic E-state index is -4.48. The average Bonchev–Trinajstić information content (AvgIpc) is 3.05. The third-order valence-corrected chi connectivity index (χ3v) is 2.96. The van der Waals surface area contributed by atoms with E-state index in [2.05, 4.69) is 15.2 Å². The van der Waals surface area contributed by atoms with Gasteiger partial charge >= 0.3 is 18.0 Å². The Labute approximate surface area is 138 Å². The van der Waals surface area contributed by atoms with Gasteiger partial charge in [-0.1, -0.05) is 12.1 Å². The van der Waals surface area contributed by atoms with Gasteiger partial charge in [0.2, 0.25) is 5.88 Å². The Morgan fingerprint density at radius 1 is 1.12 bits per heavy atom. The monoisotopic (exact) mass is 350 g/mol. The summed E-state index contributed by atoms with van der Waals surface area (Å²) in [7, 11) is 0. The normalized spacial score (nSPS) is 11.3. The SMILES string of the molecule is NC(=O)c1nnc(-c2cccc(Oc3cccc(C(F)(F)F)c3)n2)o1. The molecule has 128 valence electrons. The lowest BCUT2D eigenvalue weighted by Gasteiger charge is -2.09. The van der Waals surface area contributed by atoms with Crippen LogP contribution in [0.5, 0.6) is 11.6 Å². The molecule has 7 nitrogen and oxygen atoms in total. The van der Waals surface area contributed by atoms with Crippen LogP contribution < -0.4 is 10.5 Å². The quantitative estimate of drug-likeness (QED) is 0.775. The van der Waals surface area contributed by atoms with Gasteiger partial charge in [-0.05, 0) is 24.3 Å². The highest BCUT2D eigenvalue weighted by molar-refractivity contribution is 5.87. The molecule has 0 atom stereocenters. The van der Waals surface area contributed by atoms with Crippen molar-refractivity contribution in [1.29, 1.82) is 0 Å². The summed E-state index contributed by atoms with van der Waals surface area (Å²) >= 11 is 0. The van der Waals surface area contributed by atoms with E-state index in [4.69, 9.17) is 14.9 Å². The van der Waals surface area contributed by atoms with E-state index in [0.717, 1.165) is 12.1 Å². The average molecular weight is 350 g/mol. The second kappa shape index (κ2) is 6.23. The van der Waals surface area contributed by atoms with Crippen LogP contribution in [0.3, 0.4) is 0 Å². The number of benzene rings is 1. The molecule has 3 aromatic rings. The molecular weight excluding hydrogens is 341 g/mol. The van der Waals surface area contributed by atoms with E-state index in [1.165, 1.54) is 30.3 Å². The minimum absolute atomic E-state index is 0.00986. The van der Waals surface area contributed by atoms with Gasteiger partial charge in [0.25, 0.3) is 5.89 Å². The standard InChI is InChI=1S/C15H9F3N4O3/c16-15(17,18)8-3-1-4-9(7-8)24-11-6-2-5-10(20-11)13-21-22-14(25-13)12(19)23/h1-7H,(H2,19,23). The van der Waals surface area contributed by atoms with E-state index in [9.17, 15) is 18.0 Å². The molecule has 0 unspecified atom stereocenters. The van der Waals surface area contributed by atoms with Crippen LogP contribution in [0.2, 0.25) is 0 Å². The Morgan fingerprint density at radius 3 is 2.56 bits per heavy atom. The Balaban J connectivity index is 1.86. The molecule has 0 aliphatic carbocycles. The molecule has 0 saturated heterocycles. The Hall–Kier alpha value is -3.43. The lowest BCUT2D eigenvalue weighted by molar-refractivity contribution is -0.137. The van der Waals surface area contributed by atoms with Crippen LogP contribution in [0.15, 0.2) is 46.9 Å². The number of hydrogen-bond acceptors (Lipinski definition) is 6. The number of carbonyl (C=O) groups is 1. The van der Waals surface area contributed by atoms with Crippen LogP contribution in [0.25, 0.3) is 11.6 Å². The predicted molar refractivity (Wildman–Crippen MR) is 77.6 cm³/mol. The van der Waals surface area contributed by atoms with Crippen LogP contribution >= 0.6 is 0 Å². The summed E-state index contributed by atoms with van der Waals surface area (Å²) < 4.78 is 48.5. The molecule has 0 aliphatic heterocycles. The molecule has 0 fully saturated rings. The molecule has 2 N–H and O–H groups in total. The van der Waals surface area contributed by atoms with E-state index in [-0.39, 0.29) is 29.1 Å². The summed E-state index contributed by atoms with van der Waals surface area (Å²) in [6.07, 6.45) is -4.48. The maximum Gasteiger partial charge on any atom is 0.416 e. The summed E-state index contributed by atoms with van der Waals surface area (Å²) in [6.45, 7) is 0. The molecule has 25 heavy (non-hydrogen) atoms. The number of halogens is 3. The van der Waals surface area contributed by atoms with Gasteiger partial charge in [-0.2, -0.15) is 13.2 Å². The zero-order chi connectivity index (χ0) is 18.0. The number of nitrogens with zero attached hydrogens (tertiary/aromatic N) is 3. The molecule has 0 radical (unpaired) electrons. The maximum absolute atomic E-state index is 12.7. The van der Waals surface area contributed by atoms with Crippen molar-refractivity contribution in [1.82, 2.24) is 15.2 Å². The molecule has 1 amide bonds. The topological polar surface area (TPSA) is 104 Å². The Morgan fingerprint density at radius 2 is 1.88 bits per heavy atom. The number of amides is 1. The fraction of sp³-hybridized carbons (Fsp3) is 0.0667. The van der Waals surface area contributed by atoms with Crippen LogP contribution in [0, 0.1) is 0 Å². The summed E-state index contributed by atoms with van der Waals surface area (Å²) in [6, 6.07) is 8.83. The summed E-state index contributed by atoms with van der Waals surface area (Å²) in [4.78, 5) is 15.0. The van der Waals surface area contributed by atoms with Crippen molar-refractivity contribution in [2.75, 3.05) is 0 Å². The first-order valence-corrected chi connectivity index (χ1v) is 6.79. The molecule has 0 spiro atoms. The van der Waals surface area contributed by atoms with Gasteiger partial charge < -0.3 is 14.9 Å². The molecule has 2 heterocycles. The largest absolute Gasteiger partial charge is 0.439 e. The lowest BCUT2D eigenvalue weighted by atomic mass is 10.2. The highest BCUT2D eigenvalue weighted by atomic mass is 19.4. The smallest absolute Gasteiger partial charge is 0.416 e. The van der Waals surface area contributed by atoms with Crippen molar-refractivity contribution >= 4 is 5.91 Å². The maximum atomic E-state index is 12.7. The van der Waals surface area contributed by atoms with Crippen molar-refractivity contribution in [2.24, 2.45) is 5.73 Å². The second-order valence-corrected chi connectivity index (χ2v) is 4.77. The third-order valence-electron chi connectivity index (χ3n) is 2.96. The molecular formula is C15H9F3N4O3. The van der Waals surface area contributed by atoms with Crippen molar-refractivity contribution in [2.45, 2.75) is 6.18 Å². The van der Waals surface area contributed by atoms with Gasteiger partial charge in [-0.3, -0.25) is 4.79 Å². The number of alkyl halides is 3. The van der Waals surface area contributed by atoms with Crippen LogP contribution in [-0.2, 0) is 6.18 Å². The van der Waals surface area contributed by atoms with Gasteiger partial charge in [0, 0.05) is 6.07 Å². The van der Waals surface area contributed by atoms with E-state index in [1.54, 1.807) is 0 Å². The number of primary amides is 1. The Kier molecular flexibility index (Phi) is 4.09. The molecule has 10 heteroatoms. The number of carbonyl (C=O) groups excluding carboxylic acids is 1. The fourth-order valence-corrected chi connectivity index (χ4v) is 1.87. The number of aromatic nitrogens is 3. The van der Waals surface area contributed by atoms with E-state index >= 15 is 0 Å². The molecule has 2 aromatic heterocycles. The van der Waals surface area contributed by atoms with Crippen LogP contribution in [0.4, 0.5) is 13.2 Å². The fourth-order valence-electron chi connectivity index (χ4n) is 1.87. The summed E-state index contributed by atoms with van der Waals surface area (Å²) in [5.74, 6) is -1.39. The van der Waals surface area contributed by atoms with Crippen molar-refractivity contribution in [3.05, 3.63) is 53.9 Å². The first kappa shape index (κ1) is 16.4. The highest BCUT2D eigenvalue weighted by Crippen LogP contribution is 2.32. The number of pyridine rings is 1. The zero-order valence-corrected chi connectivity index (χ0v) is 12.3. The van der Waals surface area contributed by atoms with Crippen molar-refractivity contribution < 1.29 is 27.1 Å². The van der Waals surface area contributed by atoms with Gasteiger partial charge in [-0.15, -0.1) is 10.2 Å². The van der Waals surface area contributed by atoms with Crippen LogP contribution in [-0.4, -0.2) is 21.1 Å². The van der Waals surface area contributed by atoms with Gasteiger partial charge in [0.05, 0.1) is 5.56 Å². The minimum Gasteiger partial charge on any atom is -0.439 e. The van der Waals surface area contributed by atoms with Gasteiger partial charge in [0.15, 0.2) is 0 Å². The molecule has 3 rings (SSSR count). The van der Waals surface area contributed by atoms with Crippen molar-refractivity contribution in [3.63, 3.8) is 0 Å². The molecule has 0 aliphatic rings. The predicted octanol–water partition coefficient (Wildman–Crippen LogP) is 3.04. The van der Waals surface area contributed by atoms with E-state index in [0.29, 0.717) is 0 Å². The Bertz CT molecular complexity index is 924.